The van der Waals surface area contributed by atoms with E-state index in [1.54, 1.807) is 0 Å². The van der Waals surface area contributed by atoms with Gasteiger partial charge in [-0.3, -0.25) is 15.6 Å². The first-order valence-corrected chi connectivity index (χ1v) is 7.05. The number of rotatable bonds is 2. The summed E-state index contributed by atoms with van der Waals surface area (Å²) in [5.74, 6) is 0.175. The van der Waals surface area contributed by atoms with Crippen LogP contribution in [-0.2, 0) is 0 Å². The fourth-order valence-electron chi connectivity index (χ4n) is 2.61. The predicted molar refractivity (Wildman–Crippen MR) is 88.6 cm³/mol. The Bertz CT molecular complexity index is 910. The average molecular weight is 287 g/mol. The van der Waals surface area contributed by atoms with Crippen LogP contribution in [0.5, 0.6) is 0 Å². The van der Waals surface area contributed by atoms with Gasteiger partial charge >= 0.3 is 0 Å². The van der Waals surface area contributed by atoms with E-state index in [0.717, 1.165) is 22.1 Å². The third kappa shape index (κ3) is 2.02. The average Bonchev–Trinajstić information content (AvgIpc) is 2.60. The Morgan fingerprint density at radius 2 is 1.59 bits per heavy atom. The molecule has 3 aromatic carbocycles. The Labute approximate surface area is 127 Å². The van der Waals surface area contributed by atoms with Crippen molar-refractivity contribution in [2.24, 2.45) is 4.99 Å². The molecule has 0 amide bonds. The van der Waals surface area contributed by atoms with E-state index in [9.17, 15) is 4.79 Å². The van der Waals surface area contributed by atoms with Crippen LogP contribution in [0.25, 0.3) is 10.8 Å². The summed E-state index contributed by atoms with van der Waals surface area (Å²) in [4.78, 5) is 17.2. The zero-order chi connectivity index (χ0) is 14.9. The highest BCUT2D eigenvalue weighted by Crippen LogP contribution is 2.27. The lowest BCUT2D eigenvalue weighted by Gasteiger charge is -2.18. The molecule has 0 aliphatic carbocycles. The number of benzene rings is 3. The summed E-state index contributed by atoms with van der Waals surface area (Å²) in [5.41, 5.74) is 8.16. The highest BCUT2D eigenvalue weighted by Gasteiger charge is 2.20. The number of amidine groups is 1. The van der Waals surface area contributed by atoms with Crippen LogP contribution < -0.4 is 10.9 Å². The van der Waals surface area contributed by atoms with E-state index in [-0.39, 0.29) is 5.78 Å². The Balaban J connectivity index is 1.80. The molecule has 0 unspecified atom stereocenters. The van der Waals surface area contributed by atoms with Gasteiger partial charge < -0.3 is 0 Å². The first-order valence-electron chi connectivity index (χ1n) is 7.05. The number of hydrogen-bond acceptors (Lipinski definition) is 4. The van der Waals surface area contributed by atoms with E-state index >= 15 is 0 Å². The third-order valence-corrected chi connectivity index (χ3v) is 3.70. The molecular formula is C18H13N3O. The van der Waals surface area contributed by atoms with Gasteiger partial charge in [-0.15, -0.1) is 0 Å². The molecule has 1 heterocycles. The second-order valence-corrected chi connectivity index (χ2v) is 5.08. The van der Waals surface area contributed by atoms with Gasteiger partial charge in [-0.1, -0.05) is 54.6 Å². The molecule has 1 aliphatic heterocycles. The van der Waals surface area contributed by atoms with E-state index in [0.29, 0.717) is 11.4 Å². The van der Waals surface area contributed by atoms with E-state index in [1.165, 1.54) is 0 Å². The van der Waals surface area contributed by atoms with Gasteiger partial charge in [0.05, 0.1) is 11.4 Å². The molecule has 0 aromatic heterocycles. The van der Waals surface area contributed by atoms with Crippen molar-refractivity contribution in [3.63, 3.8) is 0 Å². The van der Waals surface area contributed by atoms with E-state index in [2.05, 4.69) is 15.8 Å². The molecule has 4 nitrogen and oxygen atoms in total. The number of hydrogen-bond donors (Lipinski definition) is 2. The number of nitrogens with one attached hydrogen (secondary N) is 2. The number of aliphatic imine (C=N–C) groups is 1. The molecule has 0 radical (unpaired) electrons. The van der Waals surface area contributed by atoms with Crippen LogP contribution in [0.15, 0.2) is 71.7 Å². The van der Waals surface area contributed by atoms with Gasteiger partial charge in [0.25, 0.3) is 0 Å². The van der Waals surface area contributed by atoms with Gasteiger partial charge in [-0.2, -0.15) is 0 Å². The number of para-hydroxylation sites is 2. The molecular weight excluding hydrogens is 274 g/mol. The molecule has 0 saturated carbocycles. The maximum Gasteiger partial charge on any atom is 0.230 e. The lowest BCUT2D eigenvalue weighted by molar-refractivity contribution is 0.106. The van der Waals surface area contributed by atoms with Crippen molar-refractivity contribution >= 4 is 33.8 Å². The van der Waals surface area contributed by atoms with Crippen LogP contribution >= 0.6 is 0 Å². The quantitative estimate of drug-likeness (QED) is 0.707. The maximum absolute atomic E-state index is 12.8. The SMILES string of the molecule is O=C(C1=Nc2ccccc2NN1)c1cccc2ccccc12. The molecule has 0 atom stereocenters. The zero-order valence-corrected chi connectivity index (χ0v) is 11.7. The highest BCUT2D eigenvalue weighted by molar-refractivity contribution is 6.47. The van der Waals surface area contributed by atoms with E-state index < -0.39 is 0 Å². The number of hydrazine groups is 1. The van der Waals surface area contributed by atoms with Crippen LogP contribution in [0.2, 0.25) is 0 Å². The van der Waals surface area contributed by atoms with Crippen LogP contribution in [0.1, 0.15) is 10.4 Å². The minimum absolute atomic E-state index is 0.126. The Morgan fingerprint density at radius 1 is 0.818 bits per heavy atom. The number of fused-ring (bicyclic) bond motifs is 2. The van der Waals surface area contributed by atoms with Crippen molar-refractivity contribution in [2.75, 3.05) is 5.43 Å². The van der Waals surface area contributed by atoms with Crippen molar-refractivity contribution in [1.29, 1.82) is 0 Å². The summed E-state index contributed by atoms with van der Waals surface area (Å²) in [6.07, 6.45) is 0. The maximum atomic E-state index is 12.8. The van der Waals surface area contributed by atoms with Crippen LogP contribution in [0, 0.1) is 0 Å². The number of ketones is 1. The van der Waals surface area contributed by atoms with Crippen LogP contribution in [0.3, 0.4) is 0 Å². The molecule has 2 N–H and O–H groups in total. The standard InChI is InChI=1S/C18H13N3O/c22-17(14-9-5-7-12-6-1-2-8-13(12)14)18-19-15-10-3-4-11-16(15)20-21-18/h1-11,20H,(H,19,21). The topological polar surface area (TPSA) is 53.5 Å². The number of carbonyl (C=O) groups excluding carboxylic acids is 1. The molecule has 0 fully saturated rings. The molecule has 0 bridgehead atoms. The second-order valence-electron chi connectivity index (χ2n) is 5.08. The Kier molecular flexibility index (Phi) is 2.86. The first kappa shape index (κ1) is 12.6. The van der Waals surface area contributed by atoms with Crippen molar-refractivity contribution < 1.29 is 4.79 Å². The van der Waals surface area contributed by atoms with Gasteiger partial charge in [-0.25, -0.2) is 4.99 Å². The van der Waals surface area contributed by atoms with Crippen molar-refractivity contribution in [1.82, 2.24) is 5.43 Å². The van der Waals surface area contributed by atoms with Gasteiger partial charge in [0.2, 0.25) is 5.78 Å². The molecule has 0 spiro atoms. The first-order chi connectivity index (χ1) is 10.8. The van der Waals surface area contributed by atoms with Gasteiger partial charge in [0.1, 0.15) is 0 Å². The second kappa shape index (κ2) is 5.00. The monoisotopic (exact) mass is 287 g/mol. The normalized spacial score (nSPS) is 12.8. The summed E-state index contributed by atoms with van der Waals surface area (Å²) >= 11 is 0. The molecule has 1 aliphatic rings. The number of nitrogens with zero attached hydrogens (tertiary/aromatic N) is 1. The fourth-order valence-corrected chi connectivity index (χ4v) is 2.61. The smallest absolute Gasteiger partial charge is 0.230 e. The zero-order valence-electron chi connectivity index (χ0n) is 11.7. The Morgan fingerprint density at radius 3 is 2.55 bits per heavy atom. The number of anilines is 1. The molecule has 3 aromatic rings. The van der Waals surface area contributed by atoms with Crippen LogP contribution in [0.4, 0.5) is 11.4 Å². The minimum Gasteiger partial charge on any atom is -0.297 e. The number of carbonyl (C=O) groups is 1. The van der Waals surface area contributed by atoms with Crippen molar-refractivity contribution in [3.05, 3.63) is 72.3 Å². The lowest BCUT2D eigenvalue weighted by Crippen LogP contribution is -2.37. The fraction of sp³-hybridized carbons (Fsp3) is 0. The largest absolute Gasteiger partial charge is 0.297 e. The van der Waals surface area contributed by atoms with E-state index in [4.69, 9.17) is 0 Å². The number of Topliss-reactive ketones (excluding diaryl/α,β-unsaturated/α-hetero) is 1. The highest BCUT2D eigenvalue weighted by atomic mass is 16.1. The predicted octanol–water partition coefficient (Wildman–Crippen LogP) is 3.68. The third-order valence-electron chi connectivity index (χ3n) is 3.70. The van der Waals surface area contributed by atoms with Crippen molar-refractivity contribution in [3.8, 4) is 0 Å². The lowest BCUT2D eigenvalue weighted by atomic mass is 10.0. The van der Waals surface area contributed by atoms with Gasteiger partial charge in [0, 0.05) is 5.56 Å². The van der Waals surface area contributed by atoms with Gasteiger partial charge in [0.15, 0.2) is 5.84 Å². The van der Waals surface area contributed by atoms with Crippen LogP contribution in [-0.4, -0.2) is 11.6 Å². The van der Waals surface area contributed by atoms with E-state index in [1.807, 2.05) is 66.7 Å². The summed E-state index contributed by atoms with van der Waals surface area (Å²) in [7, 11) is 0. The minimum atomic E-state index is -0.126. The molecule has 0 saturated heterocycles. The summed E-state index contributed by atoms with van der Waals surface area (Å²) in [6, 6.07) is 21.2. The van der Waals surface area contributed by atoms with Crippen molar-refractivity contribution in [2.45, 2.75) is 0 Å². The molecule has 22 heavy (non-hydrogen) atoms. The summed E-state index contributed by atoms with van der Waals surface area (Å²) < 4.78 is 0. The summed E-state index contributed by atoms with van der Waals surface area (Å²) in [6.45, 7) is 0. The van der Waals surface area contributed by atoms with Gasteiger partial charge in [-0.05, 0) is 22.9 Å². The summed E-state index contributed by atoms with van der Waals surface area (Å²) in [5, 5.41) is 1.97. The molecule has 106 valence electrons. The molecule has 4 rings (SSSR count). The molecule has 4 heteroatoms. The Hall–Kier alpha value is -3.14.